The minimum atomic E-state index is 0.643. The Labute approximate surface area is 269 Å². The first-order valence-corrected chi connectivity index (χ1v) is 15.8. The van der Waals surface area contributed by atoms with Crippen LogP contribution in [0.5, 0.6) is 0 Å². The van der Waals surface area contributed by atoms with Gasteiger partial charge >= 0.3 is 0 Å². The molecule has 4 heterocycles. The van der Waals surface area contributed by atoms with Gasteiger partial charge in [-0.2, -0.15) is 0 Å². The Morgan fingerprint density at radius 2 is 1.45 bits per heavy atom. The molecule has 3 aromatic heterocycles. The fourth-order valence-electron chi connectivity index (χ4n) is 7.24. The van der Waals surface area contributed by atoms with Gasteiger partial charge in [0.1, 0.15) is 16.6 Å². The van der Waals surface area contributed by atoms with Crippen molar-refractivity contribution < 1.29 is 8.83 Å². The zero-order valence-corrected chi connectivity index (χ0v) is 25.3. The first-order chi connectivity index (χ1) is 23.3. The van der Waals surface area contributed by atoms with E-state index in [4.69, 9.17) is 8.83 Å². The van der Waals surface area contributed by atoms with E-state index in [1.165, 1.54) is 21.5 Å². The Hall–Kier alpha value is -6.33. The van der Waals surface area contributed by atoms with Crippen LogP contribution in [0.25, 0.3) is 78.0 Å². The Balaban J connectivity index is 1.26. The summed E-state index contributed by atoms with van der Waals surface area (Å²) in [5, 5.41) is 12.4. The van der Waals surface area contributed by atoms with Gasteiger partial charge in [0.05, 0.1) is 5.69 Å². The third kappa shape index (κ3) is 4.00. The summed E-state index contributed by atoms with van der Waals surface area (Å²) >= 11 is 0. The molecule has 0 atom stereocenters. The summed E-state index contributed by atoms with van der Waals surface area (Å²) < 4.78 is 12.4. The number of rotatable bonds is 4. The molecule has 222 valence electrons. The molecule has 0 radical (unpaired) electrons. The van der Waals surface area contributed by atoms with E-state index < -0.39 is 0 Å². The first-order valence-electron chi connectivity index (χ1n) is 15.8. The highest BCUT2D eigenvalue weighted by molar-refractivity contribution is 6.15. The summed E-state index contributed by atoms with van der Waals surface area (Å²) in [4.78, 5) is 6.86. The predicted octanol–water partition coefficient (Wildman–Crippen LogP) is 9.29. The van der Waals surface area contributed by atoms with E-state index in [1.807, 2.05) is 6.07 Å². The molecule has 47 heavy (non-hydrogen) atoms. The van der Waals surface area contributed by atoms with Crippen LogP contribution in [0.1, 0.15) is 0 Å². The number of hydrogen-bond acceptors (Lipinski definition) is 5. The Morgan fingerprint density at radius 1 is 0.617 bits per heavy atom. The van der Waals surface area contributed by atoms with Crippen LogP contribution in [-0.2, 0) is 0 Å². The fraction of sp³-hybridized carbons (Fsp3) is 0.0238. The summed E-state index contributed by atoms with van der Waals surface area (Å²) in [5.41, 5.74) is 8.70. The van der Waals surface area contributed by atoms with E-state index >= 15 is 0 Å². The summed E-state index contributed by atoms with van der Waals surface area (Å²) in [6.07, 6.45) is 5.95. The number of anilines is 3. The van der Waals surface area contributed by atoms with Crippen molar-refractivity contribution in [2.45, 2.75) is 0 Å². The van der Waals surface area contributed by atoms with Gasteiger partial charge in [0.15, 0.2) is 0 Å². The molecule has 0 amide bonds. The maximum Gasteiger partial charge on any atom is 0.227 e. The molecule has 0 unspecified atom stereocenters. The molecular weight excluding hydrogens is 578 g/mol. The predicted molar refractivity (Wildman–Crippen MR) is 193 cm³/mol. The fourth-order valence-corrected chi connectivity index (χ4v) is 7.24. The topological polar surface area (TPSA) is 54.4 Å². The third-order valence-corrected chi connectivity index (χ3v) is 9.32. The summed E-state index contributed by atoms with van der Waals surface area (Å²) in [6, 6.07) is 45.2. The molecule has 0 aliphatic carbocycles. The average molecular weight is 606 g/mol. The lowest BCUT2D eigenvalue weighted by Gasteiger charge is -2.28. The number of aromatic nitrogens is 1. The molecule has 1 aliphatic heterocycles. The molecular formula is C42H27N3O2. The lowest BCUT2D eigenvalue weighted by atomic mass is 9.97. The Kier molecular flexibility index (Phi) is 5.57. The van der Waals surface area contributed by atoms with E-state index in [0.717, 1.165) is 72.7 Å². The van der Waals surface area contributed by atoms with Crippen LogP contribution < -0.4 is 20.9 Å². The maximum atomic E-state index is 6.28. The smallest absolute Gasteiger partial charge is 0.227 e. The van der Waals surface area contributed by atoms with Crippen molar-refractivity contribution in [2.24, 2.45) is 0 Å². The van der Waals surface area contributed by atoms with Crippen molar-refractivity contribution in [3.63, 3.8) is 0 Å². The quantitative estimate of drug-likeness (QED) is 0.203. The molecule has 0 fully saturated rings. The molecule has 0 spiro atoms. The number of nitrogens with one attached hydrogen (secondary N) is 1. The van der Waals surface area contributed by atoms with Crippen LogP contribution in [0, 0.1) is 0 Å². The molecule has 1 N–H and O–H groups in total. The summed E-state index contributed by atoms with van der Waals surface area (Å²) in [6.45, 7) is 0.763. The second-order valence-corrected chi connectivity index (χ2v) is 12.0. The molecule has 0 saturated carbocycles. The van der Waals surface area contributed by atoms with Crippen molar-refractivity contribution >= 4 is 83.9 Å². The first kappa shape index (κ1) is 25.9. The standard InChI is InChI=1S/C42H27N3O2/c1-2-11-30-27(8-1)23-37(33-13-4-3-12-32(30)33)45(29-17-18-38-35(24-29)34-15-7-20-44-42(34)47-38)28-10-5-9-26(22-28)31-14-6-16-40-41(31)36-25-43-21-19-39(36)46-40/h1-20,22-25,43H,21H2. The number of nitrogens with zero attached hydrogens (tertiary/aromatic N) is 2. The Morgan fingerprint density at radius 3 is 2.40 bits per heavy atom. The van der Waals surface area contributed by atoms with Gasteiger partial charge in [0.2, 0.25) is 5.71 Å². The monoisotopic (exact) mass is 605 g/mol. The molecule has 5 heteroatoms. The lowest BCUT2D eigenvalue weighted by Crippen LogP contribution is -2.30. The number of furan rings is 2. The molecule has 0 bridgehead atoms. The van der Waals surface area contributed by atoms with Crippen LogP contribution in [0.2, 0.25) is 0 Å². The summed E-state index contributed by atoms with van der Waals surface area (Å²) in [5.74, 6) is 0. The van der Waals surface area contributed by atoms with Gasteiger partial charge < -0.3 is 19.1 Å². The molecule has 9 aromatic rings. The van der Waals surface area contributed by atoms with Crippen LogP contribution in [0.15, 0.2) is 142 Å². The van der Waals surface area contributed by atoms with E-state index in [1.54, 1.807) is 6.20 Å². The second kappa shape index (κ2) is 10.1. The Bertz CT molecular complexity index is 2830. The van der Waals surface area contributed by atoms with Crippen LogP contribution in [0.4, 0.5) is 17.1 Å². The largest absolute Gasteiger partial charge is 0.456 e. The molecule has 6 aromatic carbocycles. The van der Waals surface area contributed by atoms with Gasteiger partial charge in [-0.1, -0.05) is 72.8 Å². The van der Waals surface area contributed by atoms with Crippen molar-refractivity contribution in [3.05, 3.63) is 144 Å². The van der Waals surface area contributed by atoms with Crippen molar-refractivity contribution in [1.29, 1.82) is 0 Å². The highest BCUT2D eigenvalue weighted by atomic mass is 16.3. The average Bonchev–Trinajstić information content (AvgIpc) is 3.70. The molecule has 10 rings (SSSR count). The minimum Gasteiger partial charge on any atom is -0.456 e. The summed E-state index contributed by atoms with van der Waals surface area (Å²) in [7, 11) is 0. The van der Waals surface area contributed by atoms with Gasteiger partial charge in [-0.3, -0.25) is 0 Å². The van der Waals surface area contributed by atoms with E-state index in [-0.39, 0.29) is 0 Å². The van der Waals surface area contributed by atoms with Crippen LogP contribution in [0.3, 0.4) is 0 Å². The molecule has 5 nitrogen and oxygen atoms in total. The van der Waals surface area contributed by atoms with Gasteiger partial charge in [-0.25, -0.2) is 4.98 Å². The van der Waals surface area contributed by atoms with Gasteiger partial charge in [-0.05, 0) is 88.0 Å². The minimum absolute atomic E-state index is 0.643. The van der Waals surface area contributed by atoms with Gasteiger partial charge in [0, 0.05) is 57.1 Å². The van der Waals surface area contributed by atoms with Crippen LogP contribution in [-0.4, -0.2) is 11.5 Å². The van der Waals surface area contributed by atoms with Crippen molar-refractivity contribution in [1.82, 2.24) is 10.3 Å². The number of hydrogen-bond donors (Lipinski definition) is 1. The zero-order chi connectivity index (χ0) is 30.9. The lowest BCUT2D eigenvalue weighted by molar-refractivity contribution is 0.572. The third-order valence-electron chi connectivity index (χ3n) is 9.32. The van der Waals surface area contributed by atoms with Gasteiger partial charge in [0.25, 0.3) is 0 Å². The highest BCUT2D eigenvalue weighted by Crippen LogP contribution is 2.44. The second-order valence-electron chi connectivity index (χ2n) is 12.0. The van der Waals surface area contributed by atoms with Gasteiger partial charge in [-0.15, -0.1) is 0 Å². The maximum absolute atomic E-state index is 6.28. The van der Waals surface area contributed by atoms with E-state index in [0.29, 0.717) is 5.71 Å². The van der Waals surface area contributed by atoms with Crippen molar-refractivity contribution in [3.8, 4) is 11.1 Å². The molecule has 1 aliphatic rings. The normalized spacial score (nSPS) is 12.7. The van der Waals surface area contributed by atoms with Crippen LogP contribution >= 0.6 is 0 Å². The molecule has 0 saturated heterocycles. The van der Waals surface area contributed by atoms with E-state index in [9.17, 15) is 0 Å². The van der Waals surface area contributed by atoms with E-state index in [2.05, 4.69) is 149 Å². The van der Waals surface area contributed by atoms with Crippen molar-refractivity contribution in [2.75, 3.05) is 11.4 Å². The number of benzene rings is 6. The zero-order valence-electron chi connectivity index (χ0n) is 25.3. The number of pyridine rings is 1. The highest BCUT2D eigenvalue weighted by Gasteiger charge is 2.20. The SMILES string of the molecule is C1=c2oc3cccc(-c4cccc(N(c5ccc6oc7ncccc7c6c5)c5cc6ccccc6c6ccccc56)c4)c3c2=CNC1. The number of fused-ring (bicyclic) bond motifs is 9.